The van der Waals surface area contributed by atoms with Crippen LogP contribution in [0.1, 0.15) is 39.2 Å². The number of aromatic nitrogens is 1. The predicted molar refractivity (Wildman–Crippen MR) is 81.8 cm³/mol. The minimum Gasteiger partial charge on any atom is -0.359 e. The number of hydrogen-bond donors (Lipinski definition) is 1. The number of nitrogens with one attached hydrogen (secondary N) is 1. The van der Waals surface area contributed by atoms with Crippen molar-refractivity contribution in [1.82, 2.24) is 4.98 Å². The Hall–Kier alpha value is -1.30. The smallest absolute Gasteiger partial charge is 0.359 e. The number of thiazole rings is 1. The predicted octanol–water partition coefficient (Wildman–Crippen LogP) is 5.55. The molecule has 0 saturated carbocycles. The van der Waals surface area contributed by atoms with E-state index < -0.39 is 11.7 Å². The topological polar surface area (TPSA) is 24.9 Å². The number of nitrogens with zero attached hydrogens (tertiary/aromatic N) is 1. The molecule has 0 bridgehead atoms. The van der Waals surface area contributed by atoms with Gasteiger partial charge in [-0.2, -0.15) is 13.2 Å². The summed E-state index contributed by atoms with van der Waals surface area (Å²) in [5, 5.41) is 3.95. The lowest BCUT2D eigenvalue weighted by atomic mass is 10.0. The lowest BCUT2D eigenvalue weighted by molar-refractivity contribution is -0.137. The fraction of sp³-hybridized carbons (Fsp3) is 0.533. The summed E-state index contributed by atoms with van der Waals surface area (Å²) in [6.07, 6.45) is -2.20. The monoisotopic (exact) mass is 316 g/mol. The van der Waals surface area contributed by atoms with Gasteiger partial charge in [-0.05, 0) is 43.9 Å². The molecule has 2 rings (SSSR count). The summed E-state index contributed by atoms with van der Waals surface area (Å²) in [6, 6.07) is 3.96. The van der Waals surface area contributed by atoms with E-state index in [9.17, 15) is 13.2 Å². The third kappa shape index (κ3) is 4.33. The van der Waals surface area contributed by atoms with Crippen LogP contribution in [0.2, 0.25) is 0 Å². The summed E-state index contributed by atoms with van der Waals surface area (Å²) in [7, 11) is 0. The standard InChI is InChI=1S/C15H19F3N2S/c1-9(2)4-5-10(3)19-14-20-12-8-11(15(16,17)18)6-7-13(12)21-14/h6-10H,4-5H2,1-3H3,(H,19,20). The maximum atomic E-state index is 12.7. The lowest BCUT2D eigenvalue weighted by Gasteiger charge is -2.13. The first-order chi connectivity index (χ1) is 9.75. The first-order valence-corrected chi connectivity index (χ1v) is 7.81. The van der Waals surface area contributed by atoms with Crippen molar-refractivity contribution in [3.8, 4) is 0 Å². The van der Waals surface area contributed by atoms with Crippen molar-refractivity contribution in [2.24, 2.45) is 5.92 Å². The molecule has 0 aliphatic rings. The molecule has 1 N–H and O–H groups in total. The number of fused-ring (bicyclic) bond motifs is 1. The maximum Gasteiger partial charge on any atom is 0.416 e. The van der Waals surface area contributed by atoms with Gasteiger partial charge in [0, 0.05) is 6.04 Å². The molecule has 1 aromatic heterocycles. The minimum atomic E-state index is -4.32. The Balaban J connectivity index is 2.12. The van der Waals surface area contributed by atoms with Crippen LogP contribution in [0.3, 0.4) is 0 Å². The van der Waals surface area contributed by atoms with Gasteiger partial charge in [-0.25, -0.2) is 4.98 Å². The molecule has 1 heterocycles. The average Bonchev–Trinajstić information content (AvgIpc) is 2.76. The van der Waals surface area contributed by atoms with E-state index >= 15 is 0 Å². The molecule has 1 unspecified atom stereocenters. The number of anilines is 1. The summed E-state index contributed by atoms with van der Waals surface area (Å²) < 4.78 is 38.8. The second-order valence-electron chi connectivity index (χ2n) is 5.72. The number of halogens is 3. The van der Waals surface area contributed by atoms with Gasteiger partial charge >= 0.3 is 6.18 Å². The van der Waals surface area contributed by atoms with Gasteiger partial charge < -0.3 is 5.32 Å². The molecule has 0 fully saturated rings. The van der Waals surface area contributed by atoms with E-state index in [2.05, 4.69) is 31.1 Å². The van der Waals surface area contributed by atoms with Crippen molar-refractivity contribution in [2.75, 3.05) is 5.32 Å². The fourth-order valence-electron chi connectivity index (χ4n) is 2.03. The number of hydrogen-bond acceptors (Lipinski definition) is 3. The summed E-state index contributed by atoms with van der Waals surface area (Å²) >= 11 is 1.39. The van der Waals surface area contributed by atoms with Crippen LogP contribution in [-0.2, 0) is 6.18 Å². The maximum absolute atomic E-state index is 12.7. The molecule has 0 aliphatic carbocycles. The van der Waals surface area contributed by atoms with Crippen molar-refractivity contribution >= 4 is 26.7 Å². The number of alkyl halides is 3. The van der Waals surface area contributed by atoms with E-state index in [1.165, 1.54) is 17.4 Å². The van der Waals surface area contributed by atoms with Crippen LogP contribution in [0.15, 0.2) is 18.2 Å². The van der Waals surface area contributed by atoms with Gasteiger partial charge in [-0.3, -0.25) is 0 Å². The second kappa shape index (κ2) is 6.22. The van der Waals surface area contributed by atoms with Crippen LogP contribution < -0.4 is 5.32 Å². The largest absolute Gasteiger partial charge is 0.416 e. The first-order valence-electron chi connectivity index (χ1n) is 7.00. The molecule has 2 aromatic rings. The average molecular weight is 316 g/mol. The highest BCUT2D eigenvalue weighted by Gasteiger charge is 2.30. The Morgan fingerprint density at radius 3 is 2.52 bits per heavy atom. The molecule has 116 valence electrons. The van der Waals surface area contributed by atoms with E-state index in [1.54, 1.807) is 0 Å². The lowest BCUT2D eigenvalue weighted by Crippen LogP contribution is -2.15. The molecule has 2 nitrogen and oxygen atoms in total. The molecule has 21 heavy (non-hydrogen) atoms. The van der Waals surface area contributed by atoms with Crippen molar-refractivity contribution in [2.45, 2.75) is 45.8 Å². The zero-order chi connectivity index (χ0) is 15.6. The Kier molecular flexibility index (Phi) is 4.76. The Morgan fingerprint density at radius 2 is 1.90 bits per heavy atom. The normalized spacial score (nSPS) is 13.9. The van der Waals surface area contributed by atoms with Gasteiger partial charge in [0.05, 0.1) is 15.8 Å². The van der Waals surface area contributed by atoms with Crippen molar-refractivity contribution in [3.63, 3.8) is 0 Å². The molecule has 6 heteroatoms. The first kappa shape index (κ1) is 16.1. The molecule has 0 amide bonds. The van der Waals surface area contributed by atoms with E-state index in [4.69, 9.17) is 0 Å². The van der Waals surface area contributed by atoms with Crippen LogP contribution >= 0.6 is 11.3 Å². The molecule has 1 aromatic carbocycles. The van der Waals surface area contributed by atoms with Gasteiger partial charge in [0.1, 0.15) is 0 Å². The summed E-state index contributed by atoms with van der Waals surface area (Å²) in [4.78, 5) is 4.26. The molecule has 0 radical (unpaired) electrons. The van der Waals surface area contributed by atoms with Gasteiger partial charge in [0.25, 0.3) is 0 Å². The Morgan fingerprint density at radius 1 is 1.19 bits per heavy atom. The van der Waals surface area contributed by atoms with Crippen molar-refractivity contribution in [3.05, 3.63) is 23.8 Å². The summed E-state index contributed by atoms with van der Waals surface area (Å²) in [5.41, 5.74) is -0.256. The fourth-order valence-corrected chi connectivity index (χ4v) is 2.99. The zero-order valence-corrected chi connectivity index (χ0v) is 13.1. The summed E-state index contributed by atoms with van der Waals surface area (Å²) in [6.45, 7) is 6.40. The highest BCUT2D eigenvalue weighted by Crippen LogP contribution is 2.34. The van der Waals surface area contributed by atoms with E-state index in [0.29, 0.717) is 16.6 Å². The van der Waals surface area contributed by atoms with Gasteiger partial charge in [0.15, 0.2) is 5.13 Å². The third-order valence-corrected chi connectivity index (χ3v) is 4.23. The zero-order valence-electron chi connectivity index (χ0n) is 12.3. The number of benzene rings is 1. The van der Waals surface area contributed by atoms with E-state index in [1.807, 2.05) is 0 Å². The van der Waals surface area contributed by atoms with E-state index in [0.717, 1.165) is 29.7 Å². The molecule has 0 aliphatic heterocycles. The quantitative estimate of drug-likeness (QED) is 0.782. The Labute approximate surface area is 126 Å². The molecule has 0 saturated heterocycles. The molecular formula is C15H19F3N2S. The second-order valence-corrected chi connectivity index (χ2v) is 6.75. The highest BCUT2D eigenvalue weighted by molar-refractivity contribution is 7.22. The molecule has 1 atom stereocenters. The van der Waals surface area contributed by atoms with Gasteiger partial charge in [0.2, 0.25) is 0 Å². The number of rotatable bonds is 5. The van der Waals surface area contributed by atoms with Crippen LogP contribution in [0.25, 0.3) is 10.2 Å². The third-order valence-electron chi connectivity index (χ3n) is 3.26. The van der Waals surface area contributed by atoms with E-state index in [-0.39, 0.29) is 6.04 Å². The molecular weight excluding hydrogens is 297 g/mol. The SMILES string of the molecule is CC(C)CCC(C)Nc1nc2cc(C(F)(F)F)ccc2s1. The minimum absolute atomic E-state index is 0.259. The van der Waals surface area contributed by atoms with Crippen LogP contribution in [0, 0.1) is 5.92 Å². The van der Waals surface area contributed by atoms with Crippen LogP contribution in [0.5, 0.6) is 0 Å². The summed E-state index contributed by atoms with van der Waals surface area (Å²) in [5.74, 6) is 0.638. The van der Waals surface area contributed by atoms with Gasteiger partial charge in [-0.1, -0.05) is 25.2 Å². The van der Waals surface area contributed by atoms with Crippen molar-refractivity contribution in [1.29, 1.82) is 0 Å². The van der Waals surface area contributed by atoms with Crippen LogP contribution in [-0.4, -0.2) is 11.0 Å². The molecule has 0 spiro atoms. The highest BCUT2D eigenvalue weighted by atomic mass is 32.1. The van der Waals surface area contributed by atoms with Crippen molar-refractivity contribution < 1.29 is 13.2 Å². The van der Waals surface area contributed by atoms with Gasteiger partial charge in [-0.15, -0.1) is 0 Å². The van der Waals surface area contributed by atoms with Crippen LogP contribution in [0.4, 0.5) is 18.3 Å². The Bertz CT molecular complexity index is 604.